The lowest BCUT2D eigenvalue weighted by atomic mass is 10.2. The van der Waals surface area contributed by atoms with Crippen molar-refractivity contribution in [3.05, 3.63) is 54.1 Å². The normalized spacial score (nSPS) is 10.0. The molecule has 0 radical (unpaired) electrons. The Labute approximate surface area is 147 Å². The Morgan fingerprint density at radius 1 is 1.04 bits per heavy atom. The van der Waals surface area contributed by atoms with Gasteiger partial charge < -0.3 is 20.1 Å². The van der Waals surface area contributed by atoms with Crippen molar-refractivity contribution in [3.8, 4) is 11.5 Å². The van der Waals surface area contributed by atoms with Gasteiger partial charge in [-0.3, -0.25) is 9.59 Å². The van der Waals surface area contributed by atoms with Crippen LogP contribution in [0.25, 0.3) is 0 Å². The van der Waals surface area contributed by atoms with Gasteiger partial charge in [0.15, 0.2) is 0 Å². The van der Waals surface area contributed by atoms with Gasteiger partial charge in [0, 0.05) is 18.7 Å². The largest absolute Gasteiger partial charge is 0.496 e. The number of ether oxygens (including phenoxy) is 2. The zero-order chi connectivity index (χ0) is 18.1. The first kappa shape index (κ1) is 18.3. The molecule has 2 aromatic rings. The van der Waals surface area contributed by atoms with Crippen LogP contribution in [0.1, 0.15) is 23.7 Å². The second-order valence-corrected chi connectivity index (χ2v) is 5.21. The summed E-state index contributed by atoms with van der Waals surface area (Å²) < 4.78 is 10.5. The predicted octanol–water partition coefficient (Wildman–Crippen LogP) is 2.85. The molecule has 0 heterocycles. The summed E-state index contributed by atoms with van der Waals surface area (Å²) >= 11 is 0. The summed E-state index contributed by atoms with van der Waals surface area (Å²) in [4.78, 5) is 24.1. The maximum Gasteiger partial charge on any atom is 0.255 e. The molecule has 0 unspecified atom stereocenters. The molecule has 2 aromatic carbocycles. The van der Waals surface area contributed by atoms with Crippen LogP contribution in [-0.4, -0.2) is 32.1 Å². The molecule has 2 N–H and O–H groups in total. The number of carbonyl (C=O) groups excluding carboxylic acids is 2. The second kappa shape index (κ2) is 9.32. The zero-order valence-electron chi connectivity index (χ0n) is 14.4. The van der Waals surface area contributed by atoms with Crippen molar-refractivity contribution in [1.82, 2.24) is 5.32 Å². The van der Waals surface area contributed by atoms with Crippen molar-refractivity contribution in [1.29, 1.82) is 0 Å². The number of carbonyl (C=O) groups is 2. The van der Waals surface area contributed by atoms with E-state index in [2.05, 4.69) is 10.6 Å². The van der Waals surface area contributed by atoms with Crippen LogP contribution in [0.5, 0.6) is 11.5 Å². The quantitative estimate of drug-likeness (QED) is 0.773. The summed E-state index contributed by atoms with van der Waals surface area (Å²) in [6.45, 7) is 2.74. The number of nitrogens with one attached hydrogen (secondary N) is 2. The molecule has 0 bridgehead atoms. The third-order valence-corrected chi connectivity index (χ3v) is 3.44. The molecular formula is C19H22N2O4. The first-order chi connectivity index (χ1) is 12.1. The van der Waals surface area contributed by atoms with Crippen LogP contribution in [0.2, 0.25) is 0 Å². The van der Waals surface area contributed by atoms with E-state index < -0.39 is 0 Å². The molecule has 132 valence electrons. The van der Waals surface area contributed by atoms with E-state index in [4.69, 9.17) is 9.47 Å². The smallest absolute Gasteiger partial charge is 0.255 e. The first-order valence-electron chi connectivity index (χ1n) is 8.08. The van der Waals surface area contributed by atoms with Crippen molar-refractivity contribution in [2.24, 2.45) is 0 Å². The van der Waals surface area contributed by atoms with E-state index >= 15 is 0 Å². The van der Waals surface area contributed by atoms with Crippen molar-refractivity contribution < 1.29 is 19.1 Å². The standard InChI is InChI=1S/C19H22N2O4/c1-3-25-15-10-8-14(9-11-15)21-18(22)12-13-20-19(23)16-6-4-5-7-17(16)24-2/h4-11H,3,12-13H2,1-2H3,(H,20,23)(H,21,22). The average molecular weight is 342 g/mol. The number of para-hydroxylation sites is 1. The lowest BCUT2D eigenvalue weighted by Gasteiger charge is -2.10. The molecule has 2 rings (SSSR count). The van der Waals surface area contributed by atoms with Crippen molar-refractivity contribution >= 4 is 17.5 Å². The number of hydrogen-bond acceptors (Lipinski definition) is 4. The molecule has 6 nitrogen and oxygen atoms in total. The van der Waals surface area contributed by atoms with Gasteiger partial charge in [-0.1, -0.05) is 12.1 Å². The molecule has 6 heteroatoms. The second-order valence-electron chi connectivity index (χ2n) is 5.21. The van der Waals surface area contributed by atoms with E-state index in [-0.39, 0.29) is 24.8 Å². The van der Waals surface area contributed by atoms with E-state index in [9.17, 15) is 9.59 Å². The average Bonchev–Trinajstić information content (AvgIpc) is 2.63. The molecule has 0 atom stereocenters. The van der Waals surface area contributed by atoms with E-state index in [1.54, 1.807) is 48.5 Å². The van der Waals surface area contributed by atoms with Crippen LogP contribution in [-0.2, 0) is 4.79 Å². The van der Waals surface area contributed by atoms with Gasteiger partial charge in [-0.25, -0.2) is 0 Å². The number of methoxy groups -OCH3 is 1. The van der Waals surface area contributed by atoms with E-state index in [1.807, 2.05) is 6.92 Å². The Balaban J connectivity index is 1.79. The van der Waals surface area contributed by atoms with E-state index in [0.29, 0.717) is 23.6 Å². The monoisotopic (exact) mass is 342 g/mol. The zero-order valence-corrected chi connectivity index (χ0v) is 14.4. The number of anilines is 1. The fourth-order valence-corrected chi connectivity index (χ4v) is 2.24. The molecule has 2 amide bonds. The predicted molar refractivity (Wildman–Crippen MR) is 96.2 cm³/mol. The Hall–Kier alpha value is -3.02. The highest BCUT2D eigenvalue weighted by Gasteiger charge is 2.11. The Morgan fingerprint density at radius 3 is 2.44 bits per heavy atom. The van der Waals surface area contributed by atoms with Crippen molar-refractivity contribution in [2.45, 2.75) is 13.3 Å². The molecule has 25 heavy (non-hydrogen) atoms. The Bertz CT molecular complexity index is 714. The number of benzene rings is 2. The maximum absolute atomic E-state index is 12.1. The molecule has 0 aliphatic rings. The van der Waals surface area contributed by atoms with Gasteiger partial charge in [0.05, 0.1) is 19.3 Å². The minimum absolute atomic E-state index is 0.175. The van der Waals surface area contributed by atoms with E-state index in [0.717, 1.165) is 5.75 Å². The summed E-state index contributed by atoms with van der Waals surface area (Å²) in [6.07, 6.45) is 0.175. The molecule has 0 saturated carbocycles. The third-order valence-electron chi connectivity index (χ3n) is 3.44. The lowest BCUT2D eigenvalue weighted by molar-refractivity contribution is -0.116. The van der Waals surface area contributed by atoms with Gasteiger partial charge in [0.25, 0.3) is 5.91 Å². The summed E-state index contributed by atoms with van der Waals surface area (Å²) in [5, 5.41) is 5.49. The molecule has 0 aliphatic carbocycles. The topological polar surface area (TPSA) is 76.7 Å². The highest BCUT2D eigenvalue weighted by Crippen LogP contribution is 2.17. The van der Waals surface area contributed by atoms with Gasteiger partial charge in [-0.15, -0.1) is 0 Å². The van der Waals surface area contributed by atoms with Crippen LogP contribution >= 0.6 is 0 Å². The minimum Gasteiger partial charge on any atom is -0.496 e. The molecule has 0 fully saturated rings. The fourth-order valence-electron chi connectivity index (χ4n) is 2.24. The van der Waals surface area contributed by atoms with Crippen LogP contribution < -0.4 is 20.1 Å². The fraction of sp³-hybridized carbons (Fsp3) is 0.263. The van der Waals surface area contributed by atoms with Gasteiger partial charge >= 0.3 is 0 Å². The Morgan fingerprint density at radius 2 is 1.76 bits per heavy atom. The van der Waals surface area contributed by atoms with E-state index in [1.165, 1.54) is 7.11 Å². The van der Waals surface area contributed by atoms with Crippen LogP contribution in [0, 0.1) is 0 Å². The van der Waals surface area contributed by atoms with Gasteiger partial charge in [-0.05, 0) is 43.3 Å². The summed E-state index contributed by atoms with van der Waals surface area (Å²) in [5.41, 5.74) is 1.13. The lowest BCUT2D eigenvalue weighted by Crippen LogP contribution is -2.28. The van der Waals surface area contributed by atoms with Crippen molar-refractivity contribution in [2.75, 3.05) is 25.6 Å². The van der Waals surface area contributed by atoms with Crippen LogP contribution in [0.4, 0.5) is 5.69 Å². The maximum atomic E-state index is 12.1. The molecular weight excluding hydrogens is 320 g/mol. The SMILES string of the molecule is CCOc1ccc(NC(=O)CCNC(=O)c2ccccc2OC)cc1. The van der Waals surface area contributed by atoms with Crippen LogP contribution in [0.15, 0.2) is 48.5 Å². The van der Waals surface area contributed by atoms with Crippen LogP contribution in [0.3, 0.4) is 0 Å². The number of amides is 2. The molecule has 0 spiro atoms. The third kappa shape index (κ3) is 5.53. The molecule has 0 aromatic heterocycles. The summed E-state index contributed by atoms with van der Waals surface area (Å²) in [7, 11) is 1.51. The summed E-state index contributed by atoms with van der Waals surface area (Å²) in [5.74, 6) is 0.805. The molecule has 0 saturated heterocycles. The van der Waals surface area contributed by atoms with Gasteiger partial charge in [0.1, 0.15) is 11.5 Å². The Kier molecular flexibility index (Phi) is 6.83. The van der Waals surface area contributed by atoms with Gasteiger partial charge in [0.2, 0.25) is 5.91 Å². The van der Waals surface area contributed by atoms with Gasteiger partial charge in [-0.2, -0.15) is 0 Å². The highest BCUT2D eigenvalue weighted by molar-refractivity contribution is 5.97. The number of hydrogen-bond donors (Lipinski definition) is 2. The minimum atomic E-state index is -0.272. The van der Waals surface area contributed by atoms with Crippen molar-refractivity contribution in [3.63, 3.8) is 0 Å². The summed E-state index contributed by atoms with van der Waals surface area (Å²) in [6, 6.07) is 14.1. The highest BCUT2D eigenvalue weighted by atomic mass is 16.5. The number of rotatable bonds is 8. The molecule has 0 aliphatic heterocycles. The first-order valence-corrected chi connectivity index (χ1v) is 8.08.